The SMILES string of the molecule is C=CCN(C(=O)NCc1ccc(C(F)(F)F)cc1)C1CCN(C[C@H]2CN(C(=O)C3CCC(F)(F)CC3)C[C@]2(O)c2ccccc2)CC1. The van der Waals surface area contributed by atoms with Gasteiger partial charge in [0.2, 0.25) is 11.8 Å². The number of alkyl halides is 5. The molecule has 3 aliphatic rings. The molecule has 2 atom stereocenters. The van der Waals surface area contributed by atoms with Crippen LogP contribution in [0.2, 0.25) is 0 Å². The Morgan fingerprint density at radius 3 is 2.23 bits per heavy atom. The highest BCUT2D eigenvalue weighted by molar-refractivity contribution is 5.79. The maximum absolute atomic E-state index is 13.8. The van der Waals surface area contributed by atoms with Crippen molar-refractivity contribution in [2.75, 3.05) is 39.3 Å². The summed E-state index contributed by atoms with van der Waals surface area (Å²) in [5.41, 5.74) is -0.772. The van der Waals surface area contributed by atoms with Gasteiger partial charge in [0.05, 0.1) is 12.1 Å². The number of aliphatic hydroxyl groups is 1. The molecule has 2 heterocycles. The zero-order valence-corrected chi connectivity index (χ0v) is 26.4. The van der Waals surface area contributed by atoms with Crippen molar-refractivity contribution in [2.24, 2.45) is 11.8 Å². The highest BCUT2D eigenvalue weighted by Crippen LogP contribution is 2.41. The normalized spacial score (nSPS) is 24.2. The third kappa shape index (κ3) is 8.32. The van der Waals surface area contributed by atoms with Gasteiger partial charge in [0.15, 0.2) is 0 Å². The molecule has 1 saturated carbocycles. The van der Waals surface area contributed by atoms with Gasteiger partial charge in [-0.25, -0.2) is 13.6 Å². The molecule has 2 N–H and O–H groups in total. The largest absolute Gasteiger partial charge is 0.416 e. The summed E-state index contributed by atoms with van der Waals surface area (Å²) in [6.45, 7) is 6.43. The first-order chi connectivity index (χ1) is 22.3. The van der Waals surface area contributed by atoms with Crippen LogP contribution in [-0.2, 0) is 23.1 Å². The van der Waals surface area contributed by atoms with Crippen LogP contribution >= 0.6 is 0 Å². The number of hydrogen-bond acceptors (Lipinski definition) is 4. The number of β-amino-alcohol motifs (C(OH)–C–C–N with tert-alkyl or cyclic N) is 1. The van der Waals surface area contributed by atoms with E-state index in [2.05, 4.69) is 16.8 Å². The lowest BCUT2D eigenvalue weighted by atomic mass is 9.83. The third-order valence-electron chi connectivity index (χ3n) is 9.99. The van der Waals surface area contributed by atoms with E-state index in [0.29, 0.717) is 56.7 Å². The number of piperidine rings is 1. The molecule has 256 valence electrons. The molecule has 0 unspecified atom stereocenters. The number of likely N-dealkylation sites (tertiary alicyclic amines) is 2. The lowest BCUT2D eigenvalue weighted by Gasteiger charge is -2.40. The summed E-state index contributed by atoms with van der Waals surface area (Å²) in [7, 11) is 0. The van der Waals surface area contributed by atoms with Crippen LogP contribution in [0.25, 0.3) is 0 Å². The molecule has 2 aromatic carbocycles. The molecule has 7 nitrogen and oxygen atoms in total. The summed E-state index contributed by atoms with van der Waals surface area (Å²) >= 11 is 0. The van der Waals surface area contributed by atoms with Crippen LogP contribution < -0.4 is 5.32 Å². The maximum atomic E-state index is 13.8. The van der Waals surface area contributed by atoms with Crippen molar-refractivity contribution in [2.45, 2.75) is 68.8 Å². The Hall–Kier alpha value is -3.51. The summed E-state index contributed by atoms with van der Waals surface area (Å²) in [6.07, 6.45) is -1.77. The van der Waals surface area contributed by atoms with Crippen LogP contribution in [-0.4, -0.2) is 83.0 Å². The first kappa shape index (κ1) is 34.8. The Balaban J connectivity index is 1.19. The molecule has 1 aliphatic carbocycles. The maximum Gasteiger partial charge on any atom is 0.416 e. The number of nitrogens with one attached hydrogen (secondary N) is 1. The molecule has 3 fully saturated rings. The lowest BCUT2D eigenvalue weighted by Crippen LogP contribution is -2.52. The predicted octanol–water partition coefficient (Wildman–Crippen LogP) is 6.04. The molecule has 2 aliphatic heterocycles. The van der Waals surface area contributed by atoms with E-state index in [1.807, 2.05) is 30.3 Å². The second-order valence-electron chi connectivity index (χ2n) is 13.2. The highest BCUT2D eigenvalue weighted by Gasteiger charge is 2.50. The van der Waals surface area contributed by atoms with E-state index in [-0.39, 0.29) is 62.7 Å². The zero-order chi connectivity index (χ0) is 33.8. The smallest absolute Gasteiger partial charge is 0.383 e. The van der Waals surface area contributed by atoms with Crippen molar-refractivity contribution in [3.05, 3.63) is 83.9 Å². The van der Waals surface area contributed by atoms with E-state index in [4.69, 9.17) is 0 Å². The zero-order valence-electron chi connectivity index (χ0n) is 26.4. The number of halogens is 5. The average Bonchev–Trinajstić information content (AvgIpc) is 3.39. The van der Waals surface area contributed by atoms with Crippen LogP contribution in [0.1, 0.15) is 55.2 Å². The van der Waals surface area contributed by atoms with E-state index in [0.717, 1.165) is 12.1 Å². The van der Waals surface area contributed by atoms with Gasteiger partial charge >= 0.3 is 12.2 Å². The lowest BCUT2D eigenvalue weighted by molar-refractivity contribution is -0.140. The summed E-state index contributed by atoms with van der Waals surface area (Å²) in [5.74, 6) is -3.66. The number of urea groups is 1. The molecule has 5 rings (SSSR count). The van der Waals surface area contributed by atoms with Crippen LogP contribution in [0.3, 0.4) is 0 Å². The molecular weight excluding hydrogens is 619 g/mol. The molecule has 3 amide bonds. The molecule has 47 heavy (non-hydrogen) atoms. The molecule has 0 radical (unpaired) electrons. The van der Waals surface area contributed by atoms with Crippen molar-refractivity contribution in [3.63, 3.8) is 0 Å². The fourth-order valence-electron chi connectivity index (χ4n) is 7.23. The molecule has 2 aromatic rings. The van der Waals surface area contributed by atoms with Gasteiger partial charge in [0.1, 0.15) is 5.60 Å². The summed E-state index contributed by atoms with van der Waals surface area (Å²) in [4.78, 5) is 32.2. The van der Waals surface area contributed by atoms with Gasteiger partial charge in [-0.1, -0.05) is 48.5 Å². The average molecular weight is 663 g/mol. The van der Waals surface area contributed by atoms with Gasteiger partial charge in [0.25, 0.3) is 0 Å². The van der Waals surface area contributed by atoms with Gasteiger partial charge in [-0.2, -0.15) is 13.2 Å². The fraction of sp³-hybridized carbons (Fsp3) is 0.543. The Labute approximate surface area is 272 Å². The van der Waals surface area contributed by atoms with Crippen molar-refractivity contribution in [3.8, 4) is 0 Å². The monoisotopic (exact) mass is 662 g/mol. The van der Waals surface area contributed by atoms with Crippen LogP contribution in [0.15, 0.2) is 67.3 Å². The van der Waals surface area contributed by atoms with Gasteiger partial charge in [-0.3, -0.25) is 4.79 Å². The number of amides is 3. The number of benzene rings is 2. The summed E-state index contributed by atoms with van der Waals surface area (Å²) in [5, 5.41) is 14.9. The quantitative estimate of drug-likeness (QED) is 0.254. The van der Waals surface area contributed by atoms with Gasteiger partial charge < -0.3 is 25.1 Å². The van der Waals surface area contributed by atoms with Crippen LogP contribution in [0, 0.1) is 11.8 Å². The standard InChI is InChI=1S/C35H43F5N4O3/c1-2-18-44(32(46)41-21-25-8-10-28(11-9-25)35(38,39)40)30-14-19-42(20-15-30)22-29-23-43(24-34(29,47)27-6-4-3-5-7-27)31(45)26-12-16-33(36,37)17-13-26/h2-11,26,29-30,47H,1,12-24H2,(H,41,46)/t29-,34-/m0/s1. The van der Waals surface area contributed by atoms with Gasteiger partial charge in [-0.15, -0.1) is 6.58 Å². The molecule has 0 bridgehead atoms. The first-order valence-electron chi connectivity index (χ1n) is 16.3. The fourth-order valence-corrected chi connectivity index (χ4v) is 7.23. The minimum absolute atomic E-state index is 0.0850. The number of nitrogens with zero attached hydrogens (tertiary/aromatic N) is 3. The topological polar surface area (TPSA) is 76.1 Å². The first-order valence-corrected chi connectivity index (χ1v) is 16.3. The van der Waals surface area contributed by atoms with Gasteiger partial charge in [0, 0.05) is 70.0 Å². The highest BCUT2D eigenvalue weighted by atomic mass is 19.4. The van der Waals surface area contributed by atoms with Crippen molar-refractivity contribution >= 4 is 11.9 Å². The van der Waals surface area contributed by atoms with Crippen molar-refractivity contribution in [1.29, 1.82) is 0 Å². The van der Waals surface area contributed by atoms with Crippen LogP contribution in [0.4, 0.5) is 26.7 Å². The van der Waals surface area contributed by atoms with E-state index >= 15 is 0 Å². The second-order valence-corrected chi connectivity index (χ2v) is 13.2. The Morgan fingerprint density at radius 1 is 1.00 bits per heavy atom. The van der Waals surface area contributed by atoms with E-state index in [1.165, 1.54) is 12.1 Å². The van der Waals surface area contributed by atoms with Crippen molar-refractivity contribution < 1.29 is 36.6 Å². The molecule has 12 heteroatoms. The number of hydrogen-bond donors (Lipinski definition) is 2. The van der Waals surface area contributed by atoms with E-state index in [1.54, 1.807) is 15.9 Å². The molecule has 0 spiro atoms. The molecular formula is C35H43F5N4O3. The number of carbonyl (C=O) groups excluding carboxylic acids is 2. The molecule has 2 saturated heterocycles. The predicted molar refractivity (Wildman–Crippen MR) is 167 cm³/mol. The Morgan fingerprint density at radius 2 is 1.64 bits per heavy atom. The Bertz CT molecular complexity index is 1370. The van der Waals surface area contributed by atoms with Crippen molar-refractivity contribution in [1.82, 2.24) is 20.0 Å². The van der Waals surface area contributed by atoms with E-state index in [9.17, 15) is 36.6 Å². The van der Waals surface area contributed by atoms with Crippen LogP contribution in [0.5, 0.6) is 0 Å². The summed E-state index contributed by atoms with van der Waals surface area (Å²) < 4.78 is 66.2. The number of rotatable bonds is 9. The van der Waals surface area contributed by atoms with E-state index < -0.39 is 29.2 Å². The minimum Gasteiger partial charge on any atom is -0.383 e. The van der Waals surface area contributed by atoms with Gasteiger partial charge in [-0.05, 0) is 48.9 Å². The Kier molecular flexibility index (Phi) is 10.6. The summed E-state index contributed by atoms with van der Waals surface area (Å²) in [6, 6.07) is 13.5. The molecule has 0 aromatic heterocycles. The number of carbonyl (C=O) groups is 2. The second kappa shape index (κ2) is 14.3. The third-order valence-corrected chi connectivity index (χ3v) is 9.99. The minimum atomic E-state index is -4.43.